The second-order valence-electron chi connectivity index (χ2n) is 4.92. The van der Waals surface area contributed by atoms with E-state index in [4.69, 9.17) is 4.74 Å². The monoisotopic (exact) mass is 315 g/mol. The molecule has 1 heterocycles. The predicted octanol–water partition coefficient (Wildman–Crippen LogP) is 1.28. The lowest BCUT2D eigenvalue weighted by Crippen LogP contribution is -2.54. The molecule has 1 fully saturated rings. The minimum absolute atomic E-state index is 0.0566. The molecule has 5 nitrogen and oxygen atoms in total. The van der Waals surface area contributed by atoms with Crippen molar-refractivity contribution < 1.29 is 22.3 Å². The van der Waals surface area contributed by atoms with Gasteiger partial charge < -0.3 is 10.1 Å². The van der Waals surface area contributed by atoms with Gasteiger partial charge in [0.05, 0.1) is 11.5 Å². The molecule has 1 aromatic rings. The first kappa shape index (κ1) is 15.9. The Labute approximate surface area is 123 Å². The summed E-state index contributed by atoms with van der Waals surface area (Å²) < 4.78 is 42.2. The van der Waals surface area contributed by atoms with E-state index in [1.165, 1.54) is 12.1 Å². The maximum Gasteiger partial charge on any atom is 0.327 e. The van der Waals surface area contributed by atoms with Crippen LogP contribution in [0, 0.1) is 5.82 Å². The summed E-state index contributed by atoms with van der Waals surface area (Å²) in [5.74, 6) is -1.25. The van der Waals surface area contributed by atoms with Gasteiger partial charge in [0.25, 0.3) is 0 Å². The highest BCUT2D eigenvalue weighted by molar-refractivity contribution is 7.93. The fourth-order valence-corrected chi connectivity index (χ4v) is 4.48. The topological polar surface area (TPSA) is 72.5 Å². The number of ether oxygens (including phenoxy) is 1. The lowest BCUT2D eigenvalue weighted by Gasteiger charge is -2.34. The molecular formula is C14H18FNO4S. The molecule has 1 aliphatic rings. The molecule has 7 heteroatoms. The van der Waals surface area contributed by atoms with Crippen LogP contribution in [0.5, 0.6) is 0 Å². The summed E-state index contributed by atoms with van der Waals surface area (Å²) in [6, 6.07) is 4.53. The molecule has 0 unspecified atom stereocenters. The number of esters is 1. The third kappa shape index (κ3) is 2.80. The van der Waals surface area contributed by atoms with E-state index in [2.05, 4.69) is 5.32 Å². The van der Waals surface area contributed by atoms with Gasteiger partial charge in [-0.25, -0.2) is 12.8 Å². The van der Waals surface area contributed by atoms with Gasteiger partial charge in [-0.15, -0.1) is 0 Å². The summed E-state index contributed by atoms with van der Waals surface area (Å²) in [7, 11) is -3.94. The zero-order valence-corrected chi connectivity index (χ0v) is 12.6. The van der Waals surface area contributed by atoms with Crippen molar-refractivity contribution >= 4 is 15.8 Å². The van der Waals surface area contributed by atoms with Gasteiger partial charge >= 0.3 is 5.97 Å². The molecule has 0 atom stereocenters. The normalized spacial score (nSPS) is 18.2. The highest BCUT2D eigenvalue weighted by atomic mass is 32.2. The van der Waals surface area contributed by atoms with Gasteiger partial charge in [-0.05, 0) is 57.1 Å². The summed E-state index contributed by atoms with van der Waals surface area (Å²) in [6.07, 6.45) is 0.289. The molecule has 1 N–H and O–H groups in total. The Hall–Kier alpha value is -1.47. The highest BCUT2D eigenvalue weighted by Gasteiger charge is 2.53. The first-order chi connectivity index (χ1) is 9.94. The van der Waals surface area contributed by atoms with Crippen molar-refractivity contribution in [2.24, 2.45) is 0 Å². The smallest absolute Gasteiger partial charge is 0.327 e. The quantitative estimate of drug-likeness (QED) is 0.669. The van der Waals surface area contributed by atoms with Crippen LogP contribution in [0.1, 0.15) is 19.8 Å². The number of hydrogen-bond acceptors (Lipinski definition) is 5. The summed E-state index contributed by atoms with van der Waals surface area (Å²) in [5, 5.41) is 3.04. The van der Waals surface area contributed by atoms with Crippen LogP contribution in [0.2, 0.25) is 0 Å². The van der Waals surface area contributed by atoms with E-state index < -0.39 is 26.4 Å². The standard InChI is InChI=1S/C14H18FNO4S/c1-2-20-13(17)14(7-9-16-10-8-14)21(18,19)12-5-3-11(15)4-6-12/h3-6,16H,2,7-10H2,1H3. The number of hydrogen-bond donors (Lipinski definition) is 1. The molecule has 0 bridgehead atoms. The summed E-state index contributed by atoms with van der Waals surface area (Å²) in [5.41, 5.74) is 0. The predicted molar refractivity (Wildman–Crippen MR) is 75.1 cm³/mol. The summed E-state index contributed by atoms with van der Waals surface area (Å²) >= 11 is 0. The minimum Gasteiger partial charge on any atom is -0.465 e. The van der Waals surface area contributed by atoms with Crippen LogP contribution >= 0.6 is 0 Å². The molecule has 2 rings (SSSR count). The van der Waals surface area contributed by atoms with Crippen LogP contribution in [0.4, 0.5) is 4.39 Å². The van der Waals surface area contributed by atoms with Gasteiger partial charge in [0.15, 0.2) is 14.6 Å². The maximum absolute atomic E-state index is 13.0. The molecule has 0 saturated carbocycles. The Bertz CT molecular complexity index is 606. The van der Waals surface area contributed by atoms with Crippen LogP contribution in [0.3, 0.4) is 0 Å². The van der Waals surface area contributed by atoms with Crippen molar-refractivity contribution in [3.8, 4) is 0 Å². The third-order valence-electron chi connectivity index (χ3n) is 3.70. The van der Waals surface area contributed by atoms with Gasteiger partial charge in [-0.3, -0.25) is 4.79 Å². The average Bonchev–Trinajstić information content (AvgIpc) is 2.48. The van der Waals surface area contributed by atoms with Crippen LogP contribution in [-0.4, -0.2) is 38.8 Å². The van der Waals surface area contributed by atoms with Crippen molar-refractivity contribution in [1.82, 2.24) is 5.32 Å². The van der Waals surface area contributed by atoms with E-state index in [9.17, 15) is 17.6 Å². The van der Waals surface area contributed by atoms with Crippen LogP contribution in [-0.2, 0) is 19.4 Å². The fourth-order valence-electron chi connectivity index (χ4n) is 2.52. The molecule has 0 aliphatic carbocycles. The van der Waals surface area contributed by atoms with E-state index in [1.54, 1.807) is 6.92 Å². The van der Waals surface area contributed by atoms with Gasteiger partial charge in [0.1, 0.15) is 5.82 Å². The summed E-state index contributed by atoms with van der Waals surface area (Å²) in [4.78, 5) is 12.2. The highest BCUT2D eigenvalue weighted by Crippen LogP contribution is 2.35. The molecule has 1 saturated heterocycles. The molecule has 0 spiro atoms. The maximum atomic E-state index is 13.0. The van der Waals surface area contributed by atoms with E-state index >= 15 is 0 Å². The SMILES string of the molecule is CCOC(=O)C1(S(=O)(=O)c2ccc(F)cc2)CCNCC1. The Morgan fingerprint density at radius 2 is 1.86 bits per heavy atom. The summed E-state index contributed by atoms with van der Waals surface area (Å²) in [6.45, 7) is 2.59. The Kier molecular flexibility index (Phi) is 4.63. The number of rotatable bonds is 4. The van der Waals surface area contributed by atoms with E-state index in [0.29, 0.717) is 13.1 Å². The van der Waals surface area contributed by atoms with Crippen molar-refractivity contribution in [3.63, 3.8) is 0 Å². The van der Waals surface area contributed by atoms with E-state index in [0.717, 1.165) is 12.1 Å². The minimum atomic E-state index is -3.94. The molecule has 21 heavy (non-hydrogen) atoms. The molecule has 1 aliphatic heterocycles. The van der Waals surface area contributed by atoms with E-state index in [1.807, 2.05) is 0 Å². The number of halogens is 1. The second kappa shape index (κ2) is 6.11. The molecule has 116 valence electrons. The molecule has 0 amide bonds. The Morgan fingerprint density at radius 3 is 2.38 bits per heavy atom. The van der Waals surface area contributed by atoms with Crippen molar-refractivity contribution in [1.29, 1.82) is 0 Å². The van der Waals surface area contributed by atoms with Crippen LogP contribution < -0.4 is 5.32 Å². The van der Waals surface area contributed by atoms with Gasteiger partial charge in [-0.1, -0.05) is 0 Å². The van der Waals surface area contributed by atoms with Gasteiger partial charge in [-0.2, -0.15) is 0 Å². The molecule has 0 aromatic heterocycles. The lowest BCUT2D eigenvalue weighted by molar-refractivity contribution is -0.147. The Balaban J connectivity index is 2.49. The Morgan fingerprint density at radius 1 is 1.29 bits per heavy atom. The number of sulfone groups is 1. The first-order valence-electron chi connectivity index (χ1n) is 6.82. The molecular weight excluding hydrogens is 297 g/mol. The van der Waals surface area contributed by atoms with Gasteiger partial charge in [0.2, 0.25) is 0 Å². The van der Waals surface area contributed by atoms with Crippen molar-refractivity contribution in [2.45, 2.75) is 29.4 Å². The van der Waals surface area contributed by atoms with Crippen molar-refractivity contribution in [3.05, 3.63) is 30.1 Å². The number of benzene rings is 1. The number of piperidine rings is 1. The first-order valence-corrected chi connectivity index (χ1v) is 8.30. The third-order valence-corrected chi connectivity index (χ3v) is 6.19. The zero-order valence-electron chi connectivity index (χ0n) is 11.8. The number of carbonyl (C=O) groups excluding carboxylic acids is 1. The number of carbonyl (C=O) groups is 1. The lowest BCUT2D eigenvalue weighted by atomic mass is 9.97. The van der Waals surface area contributed by atoms with Crippen molar-refractivity contribution in [2.75, 3.05) is 19.7 Å². The fraction of sp³-hybridized carbons (Fsp3) is 0.500. The van der Waals surface area contributed by atoms with E-state index in [-0.39, 0.29) is 24.3 Å². The number of nitrogens with one attached hydrogen (secondary N) is 1. The van der Waals surface area contributed by atoms with Gasteiger partial charge in [0, 0.05) is 0 Å². The molecule has 0 radical (unpaired) electrons. The average molecular weight is 315 g/mol. The largest absolute Gasteiger partial charge is 0.465 e. The second-order valence-corrected chi connectivity index (χ2v) is 7.18. The van der Waals surface area contributed by atoms with Crippen LogP contribution in [0.15, 0.2) is 29.2 Å². The zero-order chi connectivity index (χ0) is 15.5. The molecule has 1 aromatic carbocycles. The van der Waals surface area contributed by atoms with Crippen LogP contribution in [0.25, 0.3) is 0 Å².